The highest BCUT2D eigenvalue weighted by atomic mass is 32.1. The van der Waals surface area contributed by atoms with Crippen LogP contribution in [0.4, 0.5) is 18.3 Å². The van der Waals surface area contributed by atoms with Crippen LogP contribution < -0.4 is 9.75 Å². The summed E-state index contributed by atoms with van der Waals surface area (Å²) >= 11 is 1.00. The van der Waals surface area contributed by atoms with E-state index in [9.17, 15) is 18.3 Å². The highest BCUT2D eigenvalue weighted by Gasteiger charge is 2.62. The summed E-state index contributed by atoms with van der Waals surface area (Å²) in [4.78, 5) is 4.26. The zero-order valence-corrected chi connectivity index (χ0v) is 15.2. The zero-order valence-electron chi connectivity index (χ0n) is 14.4. The molecule has 1 aromatic carbocycles. The maximum Gasteiger partial charge on any atom is 0.438 e. The molecular formula is C17H18F3N3O2S. The predicted molar refractivity (Wildman–Crippen MR) is 94.5 cm³/mol. The summed E-state index contributed by atoms with van der Waals surface area (Å²) in [5.41, 5.74) is -1.56. The summed E-state index contributed by atoms with van der Waals surface area (Å²) in [6.07, 6.45) is -5.45. The number of thiazole rings is 1. The zero-order chi connectivity index (χ0) is 19.1. The van der Waals surface area contributed by atoms with Gasteiger partial charge in [0.1, 0.15) is 5.75 Å². The van der Waals surface area contributed by atoms with Crippen molar-refractivity contribution in [3.8, 4) is 17.0 Å². The van der Waals surface area contributed by atoms with Crippen molar-refractivity contribution in [2.45, 2.75) is 32.2 Å². The van der Waals surface area contributed by atoms with Crippen molar-refractivity contribution in [2.24, 2.45) is 11.0 Å². The van der Waals surface area contributed by atoms with Crippen molar-refractivity contribution in [3.63, 3.8) is 0 Å². The van der Waals surface area contributed by atoms with Crippen LogP contribution in [0.25, 0.3) is 11.3 Å². The number of hydrazone groups is 1. The van der Waals surface area contributed by atoms with E-state index >= 15 is 0 Å². The first-order valence-corrected chi connectivity index (χ1v) is 8.80. The highest BCUT2D eigenvalue weighted by Crippen LogP contribution is 2.45. The monoisotopic (exact) mass is 385 g/mol. The molecule has 1 aliphatic rings. The molecule has 0 bridgehead atoms. The average Bonchev–Trinajstić information content (AvgIpc) is 3.19. The van der Waals surface area contributed by atoms with Crippen LogP contribution in [0.5, 0.6) is 5.75 Å². The Morgan fingerprint density at radius 3 is 2.46 bits per heavy atom. The molecule has 0 saturated carbocycles. The second-order valence-corrected chi connectivity index (χ2v) is 7.13. The van der Waals surface area contributed by atoms with E-state index in [1.165, 1.54) is 0 Å². The molecule has 1 aliphatic heterocycles. The Hall–Kier alpha value is -2.13. The number of rotatable bonds is 4. The number of nitrogens with zero attached hydrogens (tertiary/aromatic N) is 3. The number of alkyl halides is 3. The van der Waals surface area contributed by atoms with Crippen molar-refractivity contribution >= 4 is 22.2 Å². The van der Waals surface area contributed by atoms with E-state index in [1.54, 1.807) is 50.6 Å². The molecule has 1 unspecified atom stereocenters. The van der Waals surface area contributed by atoms with Gasteiger partial charge in [0.2, 0.25) is 5.13 Å². The fourth-order valence-corrected chi connectivity index (χ4v) is 3.42. The molecule has 3 rings (SSSR count). The molecule has 2 aromatic rings. The minimum Gasteiger partial charge on any atom is -0.497 e. The van der Waals surface area contributed by atoms with Gasteiger partial charge in [0.05, 0.1) is 12.8 Å². The van der Waals surface area contributed by atoms with Crippen LogP contribution in [0, 0.1) is 5.92 Å². The molecule has 2 heterocycles. The van der Waals surface area contributed by atoms with Gasteiger partial charge in [0.15, 0.2) is 0 Å². The number of aromatic nitrogens is 1. The van der Waals surface area contributed by atoms with Crippen LogP contribution in [0.3, 0.4) is 0 Å². The maximum atomic E-state index is 13.5. The van der Waals surface area contributed by atoms with Crippen molar-refractivity contribution in [1.29, 1.82) is 0 Å². The number of ether oxygens (including phenoxy) is 1. The van der Waals surface area contributed by atoms with Crippen LogP contribution in [-0.4, -0.2) is 34.8 Å². The molecule has 0 spiro atoms. The summed E-state index contributed by atoms with van der Waals surface area (Å²) in [5.74, 6) is 0.455. The normalized spacial score (nSPS) is 20.6. The molecule has 140 valence electrons. The second-order valence-electron chi connectivity index (χ2n) is 6.29. The first kappa shape index (κ1) is 18.7. The van der Waals surface area contributed by atoms with Gasteiger partial charge in [-0.3, -0.25) is 0 Å². The van der Waals surface area contributed by atoms with E-state index in [0.29, 0.717) is 16.5 Å². The number of benzene rings is 1. The minimum atomic E-state index is -4.86. The third-order valence-electron chi connectivity index (χ3n) is 4.19. The van der Waals surface area contributed by atoms with Crippen LogP contribution >= 0.6 is 11.3 Å². The standard InChI is InChI=1S/C17H18F3N3O2S/c1-10(2)13-8-16(24,17(18,19)20)23(22-13)15-21-14(9-26-15)11-4-6-12(25-3)7-5-11/h4-7,9-10,24H,8H2,1-3H3. The largest absolute Gasteiger partial charge is 0.497 e. The van der Waals surface area contributed by atoms with Gasteiger partial charge in [-0.15, -0.1) is 11.3 Å². The number of halogens is 3. The number of methoxy groups -OCH3 is 1. The topological polar surface area (TPSA) is 58.0 Å². The second kappa shape index (κ2) is 6.55. The molecule has 1 N–H and O–H groups in total. The van der Waals surface area contributed by atoms with Crippen molar-refractivity contribution in [3.05, 3.63) is 29.6 Å². The Balaban J connectivity index is 1.97. The Morgan fingerprint density at radius 1 is 1.27 bits per heavy atom. The molecule has 0 saturated heterocycles. The van der Waals surface area contributed by atoms with E-state index in [0.717, 1.165) is 16.9 Å². The van der Waals surface area contributed by atoms with Crippen molar-refractivity contribution in [1.82, 2.24) is 4.98 Å². The van der Waals surface area contributed by atoms with E-state index in [2.05, 4.69) is 10.1 Å². The van der Waals surface area contributed by atoms with Gasteiger partial charge in [-0.05, 0) is 30.2 Å². The third-order valence-corrected chi connectivity index (χ3v) is 5.00. The van der Waals surface area contributed by atoms with Crippen LogP contribution in [0.2, 0.25) is 0 Å². The lowest BCUT2D eigenvalue weighted by molar-refractivity contribution is -0.254. The Bertz CT molecular complexity index is 817. The lowest BCUT2D eigenvalue weighted by atomic mass is 9.99. The number of aliphatic hydroxyl groups is 1. The summed E-state index contributed by atoms with van der Waals surface area (Å²) in [6, 6.07) is 7.01. The molecular weight excluding hydrogens is 367 g/mol. The van der Waals surface area contributed by atoms with Crippen LogP contribution in [0.15, 0.2) is 34.7 Å². The average molecular weight is 385 g/mol. The summed E-state index contributed by atoms with van der Waals surface area (Å²) in [5, 5.41) is 16.6. The molecule has 0 amide bonds. The van der Waals surface area contributed by atoms with Crippen LogP contribution in [0.1, 0.15) is 20.3 Å². The smallest absolute Gasteiger partial charge is 0.438 e. The van der Waals surface area contributed by atoms with Gasteiger partial charge in [-0.2, -0.15) is 23.3 Å². The third kappa shape index (κ3) is 3.16. The number of anilines is 1. The minimum absolute atomic E-state index is 0.00806. The first-order chi connectivity index (χ1) is 12.2. The van der Waals surface area contributed by atoms with Gasteiger partial charge in [0, 0.05) is 23.1 Å². The van der Waals surface area contributed by atoms with Crippen LogP contribution in [-0.2, 0) is 0 Å². The van der Waals surface area contributed by atoms with E-state index in [-0.39, 0.29) is 16.8 Å². The van der Waals surface area contributed by atoms with Gasteiger partial charge < -0.3 is 9.84 Å². The highest BCUT2D eigenvalue weighted by molar-refractivity contribution is 7.14. The van der Waals surface area contributed by atoms with Gasteiger partial charge in [-0.25, -0.2) is 4.98 Å². The van der Waals surface area contributed by atoms with Gasteiger partial charge in [-0.1, -0.05) is 13.8 Å². The van der Waals surface area contributed by atoms with Crippen molar-refractivity contribution < 1.29 is 23.0 Å². The Morgan fingerprint density at radius 2 is 1.92 bits per heavy atom. The van der Waals surface area contributed by atoms with E-state index in [1.807, 2.05) is 0 Å². The van der Waals surface area contributed by atoms with Gasteiger partial charge >= 0.3 is 6.18 Å². The van der Waals surface area contributed by atoms with E-state index < -0.39 is 18.3 Å². The molecule has 0 radical (unpaired) electrons. The van der Waals surface area contributed by atoms with Crippen molar-refractivity contribution in [2.75, 3.05) is 12.1 Å². The summed E-state index contributed by atoms with van der Waals surface area (Å²) < 4.78 is 45.7. The molecule has 26 heavy (non-hydrogen) atoms. The molecule has 5 nitrogen and oxygen atoms in total. The molecule has 9 heteroatoms. The predicted octanol–water partition coefficient (Wildman–Crippen LogP) is 4.29. The number of hydrogen-bond acceptors (Lipinski definition) is 6. The molecule has 1 atom stereocenters. The summed E-state index contributed by atoms with van der Waals surface area (Å²) in [6.45, 7) is 3.48. The Labute approximate surface area is 152 Å². The molecule has 1 aromatic heterocycles. The molecule has 0 fully saturated rings. The summed E-state index contributed by atoms with van der Waals surface area (Å²) in [7, 11) is 1.55. The Kier molecular flexibility index (Phi) is 4.70. The number of hydrogen-bond donors (Lipinski definition) is 1. The SMILES string of the molecule is COc1ccc(-c2csc(N3N=C(C(C)C)CC3(O)C(F)(F)F)n2)cc1. The quantitative estimate of drug-likeness (QED) is 0.853. The van der Waals surface area contributed by atoms with Gasteiger partial charge in [0.25, 0.3) is 5.72 Å². The maximum absolute atomic E-state index is 13.5. The lowest BCUT2D eigenvalue weighted by Crippen LogP contribution is -2.55. The fraction of sp³-hybridized carbons (Fsp3) is 0.412. The van der Waals surface area contributed by atoms with E-state index in [4.69, 9.17) is 4.74 Å². The lowest BCUT2D eigenvalue weighted by Gasteiger charge is -2.32. The first-order valence-electron chi connectivity index (χ1n) is 7.92. The molecule has 0 aliphatic carbocycles. The fourth-order valence-electron chi connectivity index (χ4n) is 2.57.